The number of aliphatic imine (C=N–C) groups is 1. The summed E-state index contributed by atoms with van der Waals surface area (Å²) in [5.41, 5.74) is 0.548. The second-order valence-corrected chi connectivity index (χ2v) is 8.51. The fourth-order valence-electron chi connectivity index (χ4n) is 2.74. The van der Waals surface area contributed by atoms with Crippen molar-refractivity contribution in [3.63, 3.8) is 0 Å². The molecule has 0 spiro atoms. The van der Waals surface area contributed by atoms with Gasteiger partial charge in [-0.1, -0.05) is 30.0 Å². The van der Waals surface area contributed by atoms with Crippen molar-refractivity contribution >= 4 is 32.7 Å². The van der Waals surface area contributed by atoms with E-state index in [0.717, 1.165) is 0 Å². The predicted molar refractivity (Wildman–Crippen MR) is 84.4 cm³/mol. The summed E-state index contributed by atoms with van der Waals surface area (Å²) in [4.78, 5) is 18.3. The van der Waals surface area contributed by atoms with Gasteiger partial charge in [-0.25, -0.2) is 8.42 Å². The van der Waals surface area contributed by atoms with Gasteiger partial charge < -0.3 is 4.90 Å². The Kier molecular flexibility index (Phi) is 3.79. The number of sulfone groups is 1. The van der Waals surface area contributed by atoms with Gasteiger partial charge in [-0.3, -0.25) is 4.79 Å². The van der Waals surface area contributed by atoms with Gasteiger partial charge in [0, 0.05) is 17.4 Å². The summed E-state index contributed by atoms with van der Waals surface area (Å²) in [6.07, 6.45) is 0. The SMILES string of the molecule is CCN1C(=NC(=O)c2ccccc2)SC2CS(=O)(=O)CC21. The van der Waals surface area contributed by atoms with Gasteiger partial charge in [0.25, 0.3) is 5.91 Å². The molecule has 1 aromatic carbocycles. The fourth-order valence-corrected chi connectivity index (χ4v) is 6.75. The molecule has 112 valence electrons. The molecule has 2 unspecified atom stereocenters. The van der Waals surface area contributed by atoms with Gasteiger partial charge in [0.2, 0.25) is 0 Å². The molecule has 2 heterocycles. The Labute approximate surface area is 128 Å². The maximum absolute atomic E-state index is 12.2. The van der Waals surface area contributed by atoms with Gasteiger partial charge in [0.15, 0.2) is 15.0 Å². The summed E-state index contributed by atoms with van der Waals surface area (Å²) in [7, 11) is -2.96. The summed E-state index contributed by atoms with van der Waals surface area (Å²) in [5, 5.41) is 0.647. The van der Waals surface area contributed by atoms with Gasteiger partial charge in [-0.15, -0.1) is 0 Å². The molecular formula is C14H16N2O3S2. The van der Waals surface area contributed by atoms with Crippen molar-refractivity contribution in [2.45, 2.75) is 18.2 Å². The highest BCUT2D eigenvalue weighted by Crippen LogP contribution is 2.37. The van der Waals surface area contributed by atoms with E-state index in [2.05, 4.69) is 4.99 Å². The third-order valence-corrected chi connectivity index (χ3v) is 6.98. The van der Waals surface area contributed by atoms with E-state index in [1.165, 1.54) is 11.8 Å². The van der Waals surface area contributed by atoms with Crippen LogP contribution < -0.4 is 0 Å². The minimum Gasteiger partial charge on any atom is -0.346 e. The lowest BCUT2D eigenvalue weighted by molar-refractivity contribution is 0.100. The van der Waals surface area contributed by atoms with Crippen molar-refractivity contribution in [1.29, 1.82) is 0 Å². The Morgan fingerprint density at radius 2 is 2.05 bits per heavy atom. The molecule has 1 amide bonds. The van der Waals surface area contributed by atoms with Gasteiger partial charge in [0.1, 0.15) is 0 Å². The number of benzene rings is 1. The third kappa shape index (κ3) is 2.85. The summed E-state index contributed by atoms with van der Waals surface area (Å²) < 4.78 is 23.4. The van der Waals surface area contributed by atoms with Crippen LogP contribution in [0.15, 0.2) is 35.3 Å². The van der Waals surface area contributed by atoms with Crippen LogP contribution in [0.3, 0.4) is 0 Å². The first-order chi connectivity index (χ1) is 10.00. The number of carbonyl (C=O) groups is 1. The number of rotatable bonds is 2. The summed E-state index contributed by atoms with van der Waals surface area (Å²) >= 11 is 1.42. The van der Waals surface area contributed by atoms with Gasteiger partial charge in [0.05, 0.1) is 17.5 Å². The Balaban J connectivity index is 1.84. The van der Waals surface area contributed by atoms with E-state index in [-0.39, 0.29) is 28.7 Å². The van der Waals surface area contributed by atoms with Crippen molar-refractivity contribution in [2.75, 3.05) is 18.1 Å². The van der Waals surface area contributed by atoms with E-state index in [1.54, 1.807) is 24.3 Å². The summed E-state index contributed by atoms with van der Waals surface area (Å²) in [6.45, 7) is 2.61. The summed E-state index contributed by atoms with van der Waals surface area (Å²) in [6, 6.07) is 8.86. The molecule has 7 heteroatoms. The highest BCUT2D eigenvalue weighted by molar-refractivity contribution is 8.15. The molecule has 2 aliphatic rings. The zero-order valence-corrected chi connectivity index (χ0v) is 13.2. The molecule has 0 aliphatic carbocycles. The van der Waals surface area contributed by atoms with Crippen molar-refractivity contribution < 1.29 is 13.2 Å². The predicted octanol–water partition coefficient (Wildman–Crippen LogP) is 1.42. The number of thioether (sulfide) groups is 1. The van der Waals surface area contributed by atoms with Crippen LogP contribution in [0.4, 0.5) is 0 Å². The van der Waals surface area contributed by atoms with Gasteiger partial charge in [-0.05, 0) is 19.1 Å². The van der Waals surface area contributed by atoms with E-state index in [4.69, 9.17) is 0 Å². The van der Waals surface area contributed by atoms with Crippen molar-refractivity contribution in [3.05, 3.63) is 35.9 Å². The minimum absolute atomic E-state index is 0.00252. The van der Waals surface area contributed by atoms with E-state index >= 15 is 0 Å². The first-order valence-corrected chi connectivity index (χ1v) is 9.52. The second-order valence-electron chi connectivity index (χ2n) is 5.15. The average molecular weight is 324 g/mol. The molecule has 3 rings (SSSR count). The number of hydrogen-bond donors (Lipinski definition) is 0. The smallest absolute Gasteiger partial charge is 0.279 e. The molecule has 0 bridgehead atoms. The van der Waals surface area contributed by atoms with Crippen LogP contribution >= 0.6 is 11.8 Å². The van der Waals surface area contributed by atoms with E-state index in [9.17, 15) is 13.2 Å². The van der Waals surface area contributed by atoms with E-state index in [1.807, 2.05) is 17.9 Å². The zero-order valence-electron chi connectivity index (χ0n) is 11.6. The van der Waals surface area contributed by atoms with Crippen LogP contribution in [0, 0.1) is 0 Å². The lowest BCUT2D eigenvalue weighted by Gasteiger charge is -2.22. The van der Waals surface area contributed by atoms with E-state index < -0.39 is 9.84 Å². The standard InChI is InChI=1S/C14H16N2O3S2/c1-2-16-11-8-21(18,19)9-12(11)20-14(16)15-13(17)10-6-4-3-5-7-10/h3-7,11-12H,2,8-9H2,1H3. The molecule has 0 aromatic heterocycles. The maximum atomic E-state index is 12.2. The third-order valence-electron chi connectivity index (χ3n) is 3.73. The lowest BCUT2D eigenvalue weighted by atomic mass is 10.2. The maximum Gasteiger partial charge on any atom is 0.279 e. The fraction of sp³-hybridized carbons (Fsp3) is 0.429. The molecule has 2 fully saturated rings. The Bertz CT molecular complexity index is 685. The molecular weight excluding hydrogens is 308 g/mol. The molecule has 2 saturated heterocycles. The van der Waals surface area contributed by atoms with Crippen molar-refractivity contribution in [2.24, 2.45) is 4.99 Å². The van der Waals surface area contributed by atoms with Crippen LogP contribution in [0.5, 0.6) is 0 Å². The van der Waals surface area contributed by atoms with Crippen LogP contribution in [0.25, 0.3) is 0 Å². The Morgan fingerprint density at radius 1 is 1.33 bits per heavy atom. The Morgan fingerprint density at radius 3 is 2.71 bits per heavy atom. The number of fused-ring (bicyclic) bond motifs is 1. The van der Waals surface area contributed by atoms with Gasteiger partial charge in [-0.2, -0.15) is 4.99 Å². The molecule has 0 N–H and O–H groups in total. The second kappa shape index (κ2) is 5.46. The van der Waals surface area contributed by atoms with Crippen LogP contribution in [-0.2, 0) is 9.84 Å². The molecule has 0 radical (unpaired) electrons. The van der Waals surface area contributed by atoms with E-state index in [0.29, 0.717) is 17.3 Å². The zero-order chi connectivity index (χ0) is 15.0. The monoisotopic (exact) mass is 324 g/mol. The largest absolute Gasteiger partial charge is 0.346 e. The number of hydrogen-bond acceptors (Lipinski definition) is 4. The number of carbonyl (C=O) groups excluding carboxylic acids is 1. The number of amides is 1. The van der Waals surface area contributed by atoms with Gasteiger partial charge >= 0.3 is 0 Å². The molecule has 5 nitrogen and oxygen atoms in total. The molecule has 21 heavy (non-hydrogen) atoms. The van der Waals surface area contributed by atoms with Crippen molar-refractivity contribution in [1.82, 2.24) is 4.90 Å². The minimum atomic E-state index is -2.96. The molecule has 0 saturated carbocycles. The average Bonchev–Trinajstić information content (AvgIpc) is 2.90. The van der Waals surface area contributed by atoms with Crippen LogP contribution in [0.1, 0.15) is 17.3 Å². The first-order valence-electron chi connectivity index (χ1n) is 6.82. The Hall–Kier alpha value is -1.34. The molecule has 1 aromatic rings. The highest BCUT2D eigenvalue weighted by atomic mass is 32.2. The normalized spacial score (nSPS) is 28.8. The lowest BCUT2D eigenvalue weighted by Crippen LogP contribution is -2.37. The first kappa shape index (κ1) is 14.6. The number of amidine groups is 1. The quantitative estimate of drug-likeness (QED) is 0.823. The van der Waals surface area contributed by atoms with Crippen molar-refractivity contribution in [3.8, 4) is 0 Å². The summed E-state index contributed by atoms with van der Waals surface area (Å²) in [5.74, 6) is 0.0634. The highest BCUT2D eigenvalue weighted by Gasteiger charge is 2.48. The molecule has 2 aliphatic heterocycles. The molecule has 2 atom stereocenters. The van der Waals surface area contributed by atoms with Crippen LogP contribution in [-0.4, -0.2) is 53.7 Å². The number of nitrogens with zero attached hydrogens (tertiary/aromatic N) is 2. The topological polar surface area (TPSA) is 66.8 Å². The van der Waals surface area contributed by atoms with Crippen LogP contribution in [0.2, 0.25) is 0 Å².